The van der Waals surface area contributed by atoms with Crippen molar-refractivity contribution in [2.75, 3.05) is 26.2 Å². The first-order valence-corrected chi connectivity index (χ1v) is 9.15. The van der Waals surface area contributed by atoms with Crippen LogP contribution in [0, 0.1) is 0 Å². The van der Waals surface area contributed by atoms with Crippen molar-refractivity contribution in [2.24, 2.45) is 0 Å². The zero-order valence-corrected chi connectivity index (χ0v) is 15.3. The molecule has 0 atom stereocenters. The number of carbonyl (C=O) groups excluding carboxylic acids is 2. The summed E-state index contributed by atoms with van der Waals surface area (Å²) in [6.45, 7) is 9.07. The van der Waals surface area contributed by atoms with E-state index in [1.54, 1.807) is 0 Å². The number of hydrogen-bond donors (Lipinski definition) is 0. The number of nitrogens with zero attached hydrogens (tertiary/aromatic N) is 2. The van der Waals surface area contributed by atoms with Gasteiger partial charge in [-0.2, -0.15) is 0 Å². The van der Waals surface area contributed by atoms with Crippen molar-refractivity contribution >= 4 is 11.8 Å². The molecule has 1 saturated heterocycles. The van der Waals surface area contributed by atoms with Crippen LogP contribution in [0.15, 0.2) is 24.3 Å². The monoisotopic (exact) mass is 330 g/mol. The van der Waals surface area contributed by atoms with E-state index in [0.29, 0.717) is 44.9 Å². The summed E-state index contributed by atoms with van der Waals surface area (Å²) in [5.74, 6) is 0.897. The molecule has 1 fully saturated rings. The Hall–Kier alpha value is -1.84. The van der Waals surface area contributed by atoms with Crippen LogP contribution >= 0.6 is 0 Å². The van der Waals surface area contributed by atoms with E-state index >= 15 is 0 Å². The lowest BCUT2D eigenvalue weighted by Gasteiger charge is -2.35. The molecule has 0 bridgehead atoms. The van der Waals surface area contributed by atoms with Gasteiger partial charge in [-0.25, -0.2) is 0 Å². The van der Waals surface area contributed by atoms with Gasteiger partial charge in [0.25, 0.3) is 0 Å². The molecule has 0 unspecified atom stereocenters. The fraction of sp³-hybridized carbons (Fsp3) is 0.600. The molecule has 1 aliphatic heterocycles. The Balaban J connectivity index is 1.81. The van der Waals surface area contributed by atoms with Gasteiger partial charge in [-0.15, -0.1) is 0 Å². The predicted octanol–water partition coefficient (Wildman–Crippen LogP) is 3.21. The zero-order chi connectivity index (χ0) is 17.5. The van der Waals surface area contributed by atoms with Gasteiger partial charge in [0.05, 0.1) is 6.42 Å². The molecule has 1 aromatic rings. The van der Waals surface area contributed by atoms with Crippen molar-refractivity contribution in [1.29, 1.82) is 0 Å². The van der Waals surface area contributed by atoms with Crippen molar-refractivity contribution in [3.05, 3.63) is 35.4 Å². The van der Waals surface area contributed by atoms with E-state index < -0.39 is 0 Å². The van der Waals surface area contributed by atoms with Crippen molar-refractivity contribution in [3.8, 4) is 0 Å². The predicted molar refractivity (Wildman–Crippen MR) is 96.9 cm³/mol. The van der Waals surface area contributed by atoms with E-state index in [9.17, 15) is 9.59 Å². The number of amides is 2. The maximum absolute atomic E-state index is 12.5. The van der Waals surface area contributed by atoms with Crippen molar-refractivity contribution < 1.29 is 9.59 Å². The maximum Gasteiger partial charge on any atom is 0.227 e. The van der Waals surface area contributed by atoms with E-state index in [0.717, 1.165) is 18.4 Å². The van der Waals surface area contributed by atoms with Gasteiger partial charge in [0.1, 0.15) is 0 Å². The second kappa shape index (κ2) is 8.86. The summed E-state index contributed by atoms with van der Waals surface area (Å²) in [6, 6.07) is 8.32. The van der Waals surface area contributed by atoms with Gasteiger partial charge in [0.15, 0.2) is 0 Å². The normalized spacial score (nSPS) is 15.0. The first-order valence-electron chi connectivity index (χ1n) is 9.15. The number of hydrogen-bond acceptors (Lipinski definition) is 2. The topological polar surface area (TPSA) is 40.6 Å². The fourth-order valence-corrected chi connectivity index (χ4v) is 3.00. The molecule has 4 nitrogen and oxygen atoms in total. The van der Waals surface area contributed by atoms with E-state index in [1.165, 1.54) is 5.56 Å². The third-order valence-corrected chi connectivity index (χ3v) is 4.73. The van der Waals surface area contributed by atoms with Crippen LogP contribution in [-0.4, -0.2) is 47.8 Å². The van der Waals surface area contributed by atoms with Gasteiger partial charge in [-0.05, 0) is 23.5 Å². The number of carbonyl (C=O) groups is 2. The Morgan fingerprint density at radius 1 is 0.958 bits per heavy atom. The Morgan fingerprint density at radius 2 is 1.50 bits per heavy atom. The van der Waals surface area contributed by atoms with Crippen LogP contribution < -0.4 is 0 Å². The minimum absolute atomic E-state index is 0.160. The summed E-state index contributed by atoms with van der Waals surface area (Å²) in [7, 11) is 0. The lowest BCUT2D eigenvalue weighted by atomic mass is 10.0. The van der Waals surface area contributed by atoms with Crippen LogP contribution in [0.1, 0.15) is 57.1 Å². The molecule has 0 aromatic heterocycles. The largest absolute Gasteiger partial charge is 0.339 e. The fourth-order valence-electron chi connectivity index (χ4n) is 3.00. The molecule has 1 heterocycles. The van der Waals surface area contributed by atoms with E-state index in [4.69, 9.17) is 0 Å². The van der Waals surface area contributed by atoms with E-state index in [-0.39, 0.29) is 11.8 Å². The Kier molecular flexibility index (Phi) is 6.83. The summed E-state index contributed by atoms with van der Waals surface area (Å²) in [5.41, 5.74) is 2.36. The van der Waals surface area contributed by atoms with Gasteiger partial charge in [0, 0.05) is 32.6 Å². The molecule has 132 valence electrons. The summed E-state index contributed by atoms with van der Waals surface area (Å²) in [6.07, 6.45) is 3.07. The van der Waals surface area contributed by atoms with Crippen LogP contribution in [0.5, 0.6) is 0 Å². The summed E-state index contributed by atoms with van der Waals surface area (Å²) >= 11 is 0. The molecule has 0 N–H and O–H groups in total. The highest BCUT2D eigenvalue weighted by Gasteiger charge is 2.23. The first kappa shape index (κ1) is 18.5. The lowest BCUT2D eigenvalue weighted by Crippen LogP contribution is -2.50. The molecule has 2 rings (SSSR count). The van der Waals surface area contributed by atoms with E-state index in [2.05, 4.69) is 45.0 Å². The van der Waals surface area contributed by atoms with Gasteiger partial charge in [0.2, 0.25) is 11.8 Å². The van der Waals surface area contributed by atoms with Crippen LogP contribution in [-0.2, 0) is 16.0 Å². The standard InChI is InChI=1S/C20H30N2O2/c1-4-5-6-19(23)21-11-13-22(14-12-21)20(24)15-17-7-9-18(10-8-17)16(2)3/h7-10,16H,4-6,11-15H2,1-3H3. The average molecular weight is 330 g/mol. The molecule has 1 aromatic carbocycles. The Labute approximate surface area is 145 Å². The van der Waals surface area contributed by atoms with Gasteiger partial charge in [-0.3, -0.25) is 9.59 Å². The van der Waals surface area contributed by atoms with Crippen LogP contribution in [0.2, 0.25) is 0 Å². The first-order chi connectivity index (χ1) is 11.5. The second-order valence-electron chi connectivity index (χ2n) is 6.94. The minimum atomic E-state index is 0.160. The maximum atomic E-state index is 12.5. The highest BCUT2D eigenvalue weighted by Crippen LogP contribution is 2.16. The number of rotatable bonds is 6. The molecule has 1 aliphatic rings. The lowest BCUT2D eigenvalue weighted by molar-refractivity contribution is -0.139. The quantitative estimate of drug-likeness (QED) is 0.803. The average Bonchev–Trinajstić information content (AvgIpc) is 2.60. The molecular weight excluding hydrogens is 300 g/mol. The highest BCUT2D eigenvalue weighted by atomic mass is 16.2. The number of benzene rings is 1. The van der Waals surface area contributed by atoms with Gasteiger partial charge < -0.3 is 9.80 Å². The molecule has 4 heteroatoms. The number of piperazine rings is 1. The molecular formula is C20H30N2O2. The Morgan fingerprint density at radius 3 is 2.00 bits per heavy atom. The minimum Gasteiger partial charge on any atom is -0.339 e. The Bertz CT molecular complexity index is 543. The van der Waals surface area contributed by atoms with E-state index in [1.807, 2.05) is 9.80 Å². The summed E-state index contributed by atoms with van der Waals surface area (Å²) < 4.78 is 0. The molecule has 0 radical (unpaired) electrons. The van der Waals surface area contributed by atoms with Crippen molar-refractivity contribution in [2.45, 2.75) is 52.4 Å². The SMILES string of the molecule is CCCCC(=O)N1CCN(C(=O)Cc2ccc(C(C)C)cc2)CC1. The van der Waals surface area contributed by atoms with Gasteiger partial charge in [-0.1, -0.05) is 51.5 Å². The summed E-state index contributed by atoms with van der Waals surface area (Å²) in [4.78, 5) is 28.3. The smallest absolute Gasteiger partial charge is 0.227 e. The molecule has 0 aliphatic carbocycles. The van der Waals surface area contributed by atoms with Crippen molar-refractivity contribution in [3.63, 3.8) is 0 Å². The third kappa shape index (κ3) is 5.08. The highest BCUT2D eigenvalue weighted by molar-refractivity contribution is 5.80. The third-order valence-electron chi connectivity index (χ3n) is 4.73. The zero-order valence-electron chi connectivity index (χ0n) is 15.3. The summed E-state index contributed by atoms with van der Waals surface area (Å²) in [5, 5.41) is 0. The van der Waals surface area contributed by atoms with Crippen LogP contribution in [0.25, 0.3) is 0 Å². The molecule has 24 heavy (non-hydrogen) atoms. The molecule has 2 amide bonds. The van der Waals surface area contributed by atoms with Gasteiger partial charge >= 0.3 is 0 Å². The number of unbranched alkanes of at least 4 members (excludes halogenated alkanes) is 1. The van der Waals surface area contributed by atoms with Crippen molar-refractivity contribution in [1.82, 2.24) is 9.80 Å². The molecule has 0 spiro atoms. The second-order valence-corrected chi connectivity index (χ2v) is 6.94. The van der Waals surface area contributed by atoms with Crippen LogP contribution in [0.3, 0.4) is 0 Å². The molecule has 0 saturated carbocycles. The van der Waals surface area contributed by atoms with Crippen LogP contribution in [0.4, 0.5) is 0 Å².